The molecule has 0 aliphatic heterocycles. The van der Waals surface area contributed by atoms with Crippen LogP contribution in [0.5, 0.6) is 0 Å². The molecule has 0 radical (unpaired) electrons. The first kappa shape index (κ1) is 14.5. The van der Waals surface area contributed by atoms with Gasteiger partial charge in [-0.3, -0.25) is 4.79 Å². The van der Waals surface area contributed by atoms with E-state index in [2.05, 4.69) is 21.2 Å². The van der Waals surface area contributed by atoms with Crippen molar-refractivity contribution in [2.75, 3.05) is 11.1 Å². The lowest BCUT2D eigenvalue weighted by Gasteiger charge is -2.08. The number of amides is 1. The summed E-state index contributed by atoms with van der Waals surface area (Å²) in [5.41, 5.74) is 6.62. The van der Waals surface area contributed by atoms with E-state index < -0.39 is 17.5 Å². The molecule has 0 aliphatic carbocycles. The van der Waals surface area contributed by atoms with E-state index in [1.165, 1.54) is 0 Å². The van der Waals surface area contributed by atoms with E-state index in [4.69, 9.17) is 5.73 Å². The maximum atomic E-state index is 13.6. The number of hydrogen-bond acceptors (Lipinski definition) is 2. The minimum atomic E-state index is -0.715. The van der Waals surface area contributed by atoms with Crippen LogP contribution in [-0.4, -0.2) is 5.91 Å². The summed E-state index contributed by atoms with van der Waals surface area (Å²) in [6.45, 7) is 0. The average molecular weight is 341 g/mol. The fraction of sp³-hybridized carbons (Fsp3) is 0.0714. The molecule has 0 saturated heterocycles. The van der Waals surface area contributed by atoms with Crippen molar-refractivity contribution in [2.45, 2.75) is 6.42 Å². The number of anilines is 2. The Labute approximate surface area is 122 Å². The molecular weight excluding hydrogens is 330 g/mol. The highest BCUT2D eigenvalue weighted by atomic mass is 79.9. The number of carbonyl (C=O) groups excluding carboxylic acids is 1. The van der Waals surface area contributed by atoms with Crippen molar-refractivity contribution in [3.05, 3.63) is 58.1 Å². The molecule has 0 bridgehead atoms. The summed E-state index contributed by atoms with van der Waals surface area (Å²) >= 11 is 2.87. The van der Waals surface area contributed by atoms with Gasteiger partial charge in [0.15, 0.2) is 0 Å². The van der Waals surface area contributed by atoms with Crippen LogP contribution in [0.4, 0.5) is 20.2 Å². The van der Waals surface area contributed by atoms with Crippen LogP contribution < -0.4 is 11.1 Å². The summed E-state index contributed by atoms with van der Waals surface area (Å²) in [6, 6.07) is 8.75. The molecule has 6 heteroatoms. The van der Waals surface area contributed by atoms with Gasteiger partial charge < -0.3 is 11.1 Å². The molecule has 2 rings (SSSR count). The van der Waals surface area contributed by atoms with Gasteiger partial charge in [-0.25, -0.2) is 8.78 Å². The zero-order valence-corrected chi connectivity index (χ0v) is 11.9. The van der Waals surface area contributed by atoms with E-state index in [0.29, 0.717) is 11.3 Å². The molecule has 1 amide bonds. The second-order valence-electron chi connectivity index (χ2n) is 4.17. The van der Waals surface area contributed by atoms with Gasteiger partial charge in [0.1, 0.15) is 11.6 Å². The van der Waals surface area contributed by atoms with E-state index in [1.54, 1.807) is 24.3 Å². The topological polar surface area (TPSA) is 55.1 Å². The first-order valence-electron chi connectivity index (χ1n) is 5.75. The van der Waals surface area contributed by atoms with Gasteiger partial charge in [-0.2, -0.15) is 0 Å². The van der Waals surface area contributed by atoms with Gasteiger partial charge in [0, 0.05) is 11.8 Å². The SMILES string of the molecule is Nc1ccccc1CC(=O)Nc1cc(F)c(Br)cc1F. The zero-order chi connectivity index (χ0) is 14.7. The third-order valence-corrected chi connectivity index (χ3v) is 3.30. The molecule has 3 N–H and O–H groups in total. The minimum absolute atomic E-state index is 0.000280. The molecule has 0 saturated carbocycles. The quantitative estimate of drug-likeness (QED) is 0.663. The molecule has 0 unspecified atom stereocenters. The zero-order valence-electron chi connectivity index (χ0n) is 10.3. The van der Waals surface area contributed by atoms with Crippen LogP contribution in [0.2, 0.25) is 0 Å². The minimum Gasteiger partial charge on any atom is -0.398 e. The van der Waals surface area contributed by atoms with Gasteiger partial charge >= 0.3 is 0 Å². The van der Waals surface area contributed by atoms with Crippen molar-refractivity contribution in [3.8, 4) is 0 Å². The van der Waals surface area contributed by atoms with Gasteiger partial charge in [0.2, 0.25) is 5.91 Å². The summed E-state index contributed by atoms with van der Waals surface area (Å²) in [6.07, 6.45) is -0.0101. The van der Waals surface area contributed by atoms with Crippen LogP contribution in [-0.2, 0) is 11.2 Å². The Morgan fingerprint density at radius 2 is 1.90 bits per heavy atom. The second-order valence-corrected chi connectivity index (χ2v) is 5.02. The maximum Gasteiger partial charge on any atom is 0.228 e. The molecule has 20 heavy (non-hydrogen) atoms. The smallest absolute Gasteiger partial charge is 0.228 e. The number of benzene rings is 2. The number of nitrogens with one attached hydrogen (secondary N) is 1. The van der Waals surface area contributed by atoms with E-state index in [9.17, 15) is 13.6 Å². The normalized spacial score (nSPS) is 10.3. The van der Waals surface area contributed by atoms with Crippen LogP contribution in [0.25, 0.3) is 0 Å². The molecule has 3 nitrogen and oxygen atoms in total. The Hall–Kier alpha value is -1.95. The molecule has 0 spiro atoms. The number of rotatable bonds is 3. The van der Waals surface area contributed by atoms with Crippen LogP contribution in [0.15, 0.2) is 40.9 Å². The Bertz CT molecular complexity index is 662. The highest BCUT2D eigenvalue weighted by Gasteiger charge is 2.12. The van der Waals surface area contributed by atoms with Crippen molar-refractivity contribution >= 4 is 33.2 Å². The lowest BCUT2D eigenvalue weighted by molar-refractivity contribution is -0.115. The van der Waals surface area contributed by atoms with Crippen LogP contribution in [0.3, 0.4) is 0 Å². The van der Waals surface area contributed by atoms with Gasteiger partial charge in [0.05, 0.1) is 16.6 Å². The Balaban J connectivity index is 2.13. The van der Waals surface area contributed by atoms with E-state index in [-0.39, 0.29) is 16.6 Å². The number of nitrogens with two attached hydrogens (primary N) is 1. The van der Waals surface area contributed by atoms with Crippen molar-refractivity contribution in [2.24, 2.45) is 0 Å². The largest absolute Gasteiger partial charge is 0.398 e. The summed E-state index contributed by atoms with van der Waals surface area (Å²) in [4.78, 5) is 11.8. The van der Waals surface area contributed by atoms with Gasteiger partial charge in [-0.1, -0.05) is 18.2 Å². The predicted molar refractivity (Wildman–Crippen MR) is 77.2 cm³/mol. The lowest BCUT2D eigenvalue weighted by atomic mass is 10.1. The molecule has 0 heterocycles. The molecular formula is C14H11BrF2N2O. The fourth-order valence-corrected chi connectivity index (χ4v) is 2.00. The first-order valence-corrected chi connectivity index (χ1v) is 6.54. The van der Waals surface area contributed by atoms with Crippen LogP contribution >= 0.6 is 15.9 Å². The number of nitrogen functional groups attached to an aromatic ring is 1. The molecule has 0 fully saturated rings. The average Bonchev–Trinajstić information content (AvgIpc) is 2.39. The number of carbonyl (C=O) groups is 1. The van der Waals surface area contributed by atoms with Crippen molar-refractivity contribution in [1.82, 2.24) is 0 Å². The molecule has 0 aromatic heterocycles. The van der Waals surface area contributed by atoms with Gasteiger partial charge in [0.25, 0.3) is 0 Å². The van der Waals surface area contributed by atoms with Crippen molar-refractivity contribution in [1.29, 1.82) is 0 Å². The number of hydrogen-bond donors (Lipinski definition) is 2. The third-order valence-electron chi connectivity index (χ3n) is 2.69. The number of para-hydroxylation sites is 1. The standard InChI is InChI=1S/C14H11BrF2N2O/c15-9-6-11(17)13(7-10(9)16)19-14(20)5-8-3-1-2-4-12(8)18/h1-4,6-7H,5,18H2,(H,19,20). The third kappa shape index (κ3) is 3.33. The van der Waals surface area contributed by atoms with Crippen LogP contribution in [0.1, 0.15) is 5.56 Å². The first-order chi connectivity index (χ1) is 9.47. The van der Waals surface area contributed by atoms with E-state index in [1.807, 2.05) is 0 Å². The van der Waals surface area contributed by atoms with Gasteiger partial charge in [-0.05, 0) is 33.6 Å². The van der Waals surface area contributed by atoms with Gasteiger partial charge in [-0.15, -0.1) is 0 Å². The highest BCUT2D eigenvalue weighted by molar-refractivity contribution is 9.10. The number of halogens is 3. The summed E-state index contributed by atoms with van der Waals surface area (Å²) in [5, 5.41) is 2.32. The second kappa shape index (κ2) is 6.00. The van der Waals surface area contributed by atoms with E-state index >= 15 is 0 Å². The highest BCUT2D eigenvalue weighted by Crippen LogP contribution is 2.23. The van der Waals surface area contributed by atoms with Crippen molar-refractivity contribution < 1.29 is 13.6 Å². The monoisotopic (exact) mass is 340 g/mol. The molecule has 0 aliphatic rings. The maximum absolute atomic E-state index is 13.6. The summed E-state index contributed by atoms with van der Waals surface area (Å²) in [5.74, 6) is -1.84. The summed E-state index contributed by atoms with van der Waals surface area (Å²) < 4.78 is 26.9. The Kier molecular flexibility index (Phi) is 4.34. The molecule has 104 valence electrons. The van der Waals surface area contributed by atoms with Crippen LogP contribution in [0, 0.1) is 11.6 Å². The molecule has 2 aromatic carbocycles. The fourth-order valence-electron chi connectivity index (χ4n) is 1.68. The summed E-state index contributed by atoms with van der Waals surface area (Å²) in [7, 11) is 0. The molecule has 0 atom stereocenters. The predicted octanol–water partition coefficient (Wildman–Crippen LogP) is 3.49. The Morgan fingerprint density at radius 3 is 2.60 bits per heavy atom. The van der Waals surface area contributed by atoms with Crippen molar-refractivity contribution in [3.63, 3.8) is 0 Å². The molecule has 2 aromatic rings. The van der Waals surface area contributed by atoms with E-state index in [0.717, 1.165) is 12.1 Å². The Morgan fingerprint density at radius 1 is 1.20 bits per heavy atom. The lowest BCUT2D eigenvalue weighted by Crippen LogP contribution is -2.16.